The molecule has 2 heterocycles. The monoisotopic (exact) mass is 391 g/mol. The normalized spacial score (nSPS) is 12.2. The third-order valence-corrected chi connectivity index (χ3v) is 5.80. The summed E-state index contributed by atoms with van der Waals surface area (Å²) in [5.41, 5.74) is 3.31. The first kappa shape index (κ1) is 18.4. The average Bonchev–Trinajstić information content (AvgIpc) is 3.09. The predicted molar refractivity (Wildman–Crippen MR) is 110 cm³/mol. The van der Waals surface area contributed by atoms with Gasteiger partial charge in [-0.2, -0.15) is 0 Å². The summed E-state index contributed by atoms with van der Waals surface area (Å²) in [7, 11) is 0. The Kier molecular flexibility index (Phi) is 4.96. The van der Waals surface area contributed by atoms with Crippen LogP contribution in [0.4, 0.5) is 4.39 Å². The summed E-state index contributed by atoms with van der Waals surface area (Å²) >= 11 is 1.41. The molecule has 2 aromatic carbocycles. The summed E-state index contributed by atoms with van der Waals surface area (Å²) in [5, 5.41) is 1.37. The van der Waals surface area contributed by atoms with Crippen LogP contribution in [0.2, 0.25) is 0 Å². The second-order valence-electron chi connectivity index (χ2n) is 6.51. The van der Waals surface area contributed by atoms with E-state index in [4.69, 9.17) is 0 Å². The number of ketones is 1. The largest absolute Gasteiger partial charge is 0.300 e. The number of rotatable bonds is 5. The molecule has 0 bridgehead atoms. The maximum atomic E-state index is 13.8. The van der Waals surface area contributed by atoms with Gasteiger partial charge in [0.05, 0.1) is 10.6 Å². The molecule has 4 rings (SSSR count). The van der Waals surface area contributed by atoms with Crippen molar-refractivity contribution in [3.8, 4) is 16.8 Å². The molecule has 0 saturated carbocycles. The fourth-order valence-corrected chi connectivity index (χ4v) is 3.96. The summed E-state index contributed by atoms with van der Waals surface area (Å²) in [5.74, 6) is -0.225. The number of hydrogen-bond acceptors (Lipinski definition) is 4. The van der Waals surface area contributed by atoms with E-state index in [1.54, 1.807) is 13.0 Å². The van der Waals surface area contributed by atoms with E-state index >= 15 is 0 Å². The predicted octanol–water partition coefficient (Wildman–Crippen LogP) is 5.30. The number of halogens is 1. The van der Waals surface area contributed by atoms with Gasteiger partial charge in [-0.3, -0.25) is 4.79 Å². The van der Waals surface area contributed by atoms with Gasteiger partial charge in [-0.1, -0.05) is 48.2 Å². The van der Waals surface area contributed by atoms with Crippen LogP contribution in [0.25, 0.3) is 27.8 Å². The average molecular weight is 391 g/mol. The minimum absolute atomic E-state index is 0.0857. The van der Waals surface area contributed by atoms with Gasteiger partial charge >= 0.3 is 0 Å². The quantitative estimate of drug-likeness (QED) is 0.342. The molecule has 0 aliphatic rings. The maximum Gasteiger partial charge on any atom is 0.149 e. The molecule has 6 heteroatoms. The highest BCUT2D eigenvalue weighted by atomic mass is 32.2. The van der Waals surface area contributed by atoms with E-state index < -0.39 is 0 Å². The van der Waals surface area contributed by atoms with Crippen LogP contribution in [-0.4, -0.2) is 25.6 Å². The summed E-state index contributed by atoms with van der Waals surface area (Å²) in [6.45, 7) is 3.44. The van der Waals surface area contributed by atoms with Crippen molar-refractivity contribution in [3.63, 3.8) is 0 Å². The van der Waals surface area contributed by atoms with Crippen LogP contribution >= 0.6 is 11.8 Å². The van der Waals surface area contributed by atoms with Gasteiger partial charge in [0, 0.05) is 17.4 Å². The first-order valence-corrected chi connectivity index (χ1v) is 9.77. The number of thioether (sulfide) groups is 1. The minimum Gasteiger partial charge on any atom is -0.300 e. The Morgan fingerprint density at radius 3 is 2.61 bits per heavy atom. The van der Waals surface area contributed by atoms with E-state index in [9.17, 15) is 9.18 Å². The Bertz CT molecular complexity index is 1160. The Morgan fingerprint density at radius 1 is 1.11 bits per heavy atom. The molecular weight excluding hydrogens is 373 g/mol. The summed E-state index contributed by atoms with van der Waals surface area (Å²) in [4.78, 5) is 20.7. The lowest BCUT2D eigenvalue weighted by Crippen LogP contribution is -2.08. The van der Waals surface area contributed by atoms with Crippen molar-refractivity contribution in [3.05, 3.63) is 72.9 Å². The molecule has 1 atom stereocenters. The molecule has 0 unspecified atom stereocenters. The SMILES string of the molecule is CC(=O)[C@H](C)Sc1ncnc2c1c(-c1ccccc1)cn2-c1cccc(F)c1. The van der Waals surface area contributed by atoms with Crippen LogP contribution < -0.4 is 0 Å². The maximum absolute atomic E-state index is 13.8. The number of carbonyl (C=O) groups is 1. The minimum atomic E-state index is -0.311. The number of benzene rings is 2. The van der Waals surface area contributed by atoms with Crippen LogP contribution in [0.3, 0.4) is 0 Å². The molecule has 0 fully saturated rings. The molecule has 0 aliphatic heterocycles. The van der Waals surface area contributed by atoms with Gasteiger partial charge < -0.3 is 4.57 Å². The van der Waals surface area contributed by atoms with Crippen molar-refractivity contribution in [2.75, 3.05) is 0 Å². The van der Waals surface area contributed by atoms with Crippen molar-refractivity contribution in [1.29, 1.82) is 0 Å². The molecule has 0 radical (unpaired) electrons. The highest BCUT2D eigenvalue weighted by molar-refractivity contribution is 8.00. The summed E-state index contributed by atoms with van der Waals surface area (Å²) in [6, 6.07) is 16.3. The van der Waals surface area contributed by atoms with E-state index in [1.165, 1.54) is 30.2 Å². The molecule has 0 amide bonds. The molecule has 4 aromatic rings. The summed E-state index contributed by atoms with van der Waals surface area (Å²) < 4.78 is 15.7. The molecular formula is C22H18FN3OS. The Morgan fingerprint density at radius 2 is 1.89 bits per heavy atom. The third kappa shape index (κ3) is 3.43. The second kappa shape index (κ2) is 7.56. The number of hydrogen-bond donors (Lipinski definition) is 0. The molecule has 4 nitrogen and oxygen atoms in total. The van der Waals surface area contributed by atoms with E-state index in [0.717, 1.165) is 21.5 Å². The van der Waals surface area contributed by atoms with Crippen LogP contribution in [0.15, 0.2) is 72.1 Å². The number of fused-ring (bicyclic) bond motifs is 1. The van der Waals surface area contributed by atoms with Crippen LogP contribution in [-0.2, 0) is 4.79 Å². The topological polar surface area (TPSA) is 47.8 Å². The highest BCUT2D eigenvalue weighted by Crippen LogP contribution is 2.38. The second-order valence-corrected chi connectivity index (χ2v) is 7.84. The van der Waals surface area contributed by atoms with Crippen LogP contribution in [0.1, 0.15) is 13.8 Å². The third-order valence-electron chi connectivity index (χ3n) is 4.58. The van der Waals surface area contributed by atoms with Gasteiger partial charge in [0.2, 0.25) is 0 Å². The van der Waals surface area contributed by atoms with Crippen molar-refractivity contribution in [2.45, 2.75) is 24.1 Å². The van der Waals surface area contributed by atoms with E-state index in [2.05, 4.69) is 9.97 Å². The molecule has 0 saturated heterocycles. The van der Waals surface area contributed by atoms with Gasteiger partial charge in [-0.05, 0) is 37.6 Å². The zero-order valence-electron chi connectivity index (χ0n) is 15.5. The van der Waals surface area contributed by atoms with Gasteiger partial charge in [0.25, 0.3) is 0 Å². The number of Topliss-reactive ketones (excluding diaryl/α,β-unsaturated/α-hetero) is 1. The fraction of sp³-hybridized carbons (Fsp3) is 0.136. The smallest absolute Gasteiger partial charge is 0.149 e. The molecule has 28 heavy (non-hydrogen) atoms. The molecule has 0 aliphatic carbocycles. The molecule has 0 N–H and O–H groups in total. The van der Waals surface area contributed by atoms with E-state index in [1.807, 2.05) is 54.1 Å². The lowest BCUT2D eigenvalue weighted by atomic mass is 10.1. The van der Waals surface area contributed by atoms with Crippen LogP contribution in [0.5, 0.6) is 0 Å². The molecule has 2 aromatic heterocycles. The summed E-state index contributed by atoms with van der Waals surface area (Å²) in [6.07, 6.45) is 3.44. The van der Waals surface area contributed by atoms with Crippen molar-refractivity contribution in [2.24, 2.45) is 0 Å². The zero-order chi connectivity index (χ0) is 19.7. The van der Waals surface area contributed by atoms with Crippen molar-refractivity contribution >= 4 is 28.6 Å². The van der Waals surface area contributed by atoms with Crippen molar-refractivity contribution < 1.29 is 9.18 Å². The van der Waals surface area contributed by atoms with E-state index in [-0.39, 0.29) is 16.9 Å². The Balaban J connectivity index is 1.99. The Labute approximate surface area is 166 Å². The fourth-order valence-electron chi connectivity index (χ4n) is 3.03. The lowest BCUT2D eigenvalue weighted by molar-refractivity contribution is -0.116. The van der Waals surface area contributed by atoms with Gasteiger partial charge in [0.1, 0.15) is 28.6 Å². The molecule has 0 spiro atoms. The number of carbonyl (C=O) groups excluding carboxylic acids is 1. The van der Waals surface area contributed by atoms with Gasteiger partial charge in [-0.25, -0.2) is 14.4 Å². The number of nitrogens with zero attached hydrogens (tertiary/aromatic N) is 3. The zero-order valence-corrected chi connectivity index (χ0v) is 16.3. The van der Waals surface area contributed by atoms with E-state index in [0.29, 0.717) is 11.3 Å². The Hall–Kier alpha value is -2.99. The first-order valence-electron chi connectivity index (χ1n) is 8.89. The van der Waals surface area contributed by atoms with Gasteiger partial charge in [-0.15, -0.1) is 0 Å². The first-order chi connectivity index (χ1) is 13.5. The number of aromatic nitrogens is 3. The highest BCUT2D eigenvalue weighted by Gasteiger charge is 2.20. The van der Waals surface area contributed by atoms with Gasteiger partial charge in [0.15, 0.2) is 0 Å². The molecule has 140 valence electrons. The lowest BCUT2D eigenvalue weighted by Gasteiger charge is -2.09. The van der Waals surface area contributed by atoms with Crippen LogP contribution in [0, 0.1) is 5.82 Å². The van der Waals surface area contributed by atoms with Crippen molar-refractivity contribution in [1.82, 2.24) is 14.5 Å². The standard InChI is InChI=1S/C22H18FN3OS/c1-14(27)15(2)28-22-20-19(16-7-4-3-5-8-16)12-26(21(20)24-13-25-22)18-10-6-9-17(23)11-18/h3-13,15H,1-2H3/t15-/m0/s1.